The standard InChI is InChI=1S/C17H16F3N3O2S/c18-17(19,20)16(25)21-12-3-5-13(6-4-12)22-7-9-23(10-8-22)15(24)14-2-1-11-26-14/h1-6,11H,7-10H2,(H,21,25). The second-order valence-corrected chi connectivity index (χ2v) is 6.70. The van der Waals surface area contributed by atoms with E-state index in [1.165, 1.54) is 23.5 Å². The van der Waals surface area contributed by atoms with Gasteiger partial charge in [0.15, 0.2) is 0 Å². The Morgan fingerprint density at radius 1 is 1.00 bits per heavy atom. The Morgan fingerprint density at radius 3 is 2.19 bits per heavy atom. The summed E-state index contributed by atoms with van der Waals surface area (Å²) in [6, 6.07) is 9.82. The van der Waals surface area contributed by atoms with Crippen molar-refractivity contribution in [2.75, 3.05) is 36.4 Å². The molecule has 9 heteroatoms. The molecule has 0 bridgehead atoms. The normalized spacial score (nSPS) is 15.0. The predicted octanol–water partition coefficient (Wildman–Crippen LogP) is 3.21. The van der Waals surface area contributed by atoms with Crippen molar-refractivity contribution in [3.05, 3.63) is 46.7 Å². The summed E-state index contributed by atoms with van der Waals surface area (Å²) in [4.78, 5) is 27.8. The molecule has 0 radical (unpaired) electrons. The third kappa shape index (κ3) is 4.16. The number of thiophene rings is 1. The van der Waals surface area contributed by atoms with Crippen LogP contribution in [0.3, 0.4) is 0 Å². The molecular formula is C17H16F3N3O2S. The van der Waals surface area contributed by atoms with Gasteiger partial charge in [-0.25, -0.2) is 0 Å². The van der Waals surface area contributed by atoms with Crippen molar-refractivity contribution in [2.24, 2.45) is 0 Å². The Labute approximate surface area is 152 Å². The van der Waals surface area contributed by atoms with Gasteiger partial charge in [0.25, 0.3) is 5.91 Å². The van der Waals surface area contributed by atoms with Gasteiger partial charge in [0.1, 0.15) is 0 Å². The van der Waals surface area contributed by atoms with E-state index in [0.29, 0.717) is 31.1 Å². The first-order valence-electron chi connectivity index (χ1n) is 7.90. The lowest BCUT2D eigenvalue weighted by Gasteiger charge is -2.36. The van der Waals surface area contributed by atoms with Gasteiger partial charge in [0.05, 0.1) is 4.88 Å². The van der Waals surface area contributed by atoms with Crippen LogP contribution in [0.2, 0.25) is 0 Å². The average Bonchev–Trinajstić information content (AvgIpc) is 3.16. The molecule has 26 heavy (non-hydrogen) atoms. The third-order valence-electron chi connectivity index (χ3n) is 4.05. The highest BCUT2D eigenvalue weighted by molar-refractivity contribution is 7.12. The number of carbonyl (C=O) groups excluding carboxylic acids is 2. The first-order chi connectivity index (χ1) is 12.3. The summed E-state index contributed by atoms with van der Waals surface area (Å²) in [5.41, 5.74) is 0.917. The molecule has 0 spiro atoms. The van der Waals surface area contributed by atoms with Crippen LogP contribution in [-0.4, -0.2) is 49.1 Å². The number of nitrogens with one attached hydrogen (secondary N) is 1. The summed E-state index contributed by atoms with van der Waals surface area (Å²) < 4.78 is 36.8. The van der Waals surface area contributed by atoms with Gasteiger partial charge in [-0.05, 0) is 35.7 Å². The fourth-order valence-electron chi connectivity index (χ4n) is 2.68. The smallest absolute Gasteiger partial charge is 0.368 e. The summed E-state index contributed by atoms with van der Waals surface area (Å²) in [7, 11) is 0. The number of rotatable bonds is 3. The molecule has 1 aliphatic heterocycles. The van der Waals surface area contributed by atoms with E-state index in [2.05, 4.69) is 0 Å². The SMILES string of the molecule is O=C(c1cccs1)N1CCN(c2ccc(NC(=O)C(F)(F)F)cc2)CC1. The van der Waals surface area contributed by atoms with Crippen LogP contribution in [0.4, 0.5) is 24.5 Å². The highest BCUT2D eigenvalue weighted by atomic mass is 32.1. The lowest BCUT2D eigenvalue weighted by Crippen LogP contribution is -2.48. The zero-order chi connectivity index (χ0) is 18.7. The van der Waals surface area contributed by atoms with Gasteiger partial charge in [0.2, 0.25) is 0 Å². The van der Waals surface area contributed by atoms with Crippen LogP contribution in [0.1, 0.15) is 9.67 Å². The molecule has 0 atom stereocenters. The lowest BCUT2D eigenvalue weighted by atomic mass is 10.2. The van der Waals surface area contributed by atoms with Crippen LogP contribution >= 0.6 is 11.3 Å². The summed E-state index contributed by atoms with van der Waals surface area (Å²) in [5.74, 6) is -1.98. The monoisotopic (exact) mass is 383 g/mol. The molecule has 138 valence electrons. The van der Waals surface area contributed by atoms with E-state index >= 15 is 0 Å². The van der Waals surface area contributed by atoms with Gasteiger partial charge in [-0.2, -0.15) is 13.2 Å². The Kier molecular flexibility index (Phi) is 5.17. The van der Waals surface area contributed by atoms with E-state index in [-0.39, 0.29) is 11.6 Å². The number of alkyl halides is 3. The van der Waals surface area contributed by atoms with Crippen molar-refractivity contribution in [1.29, 1.82) is 0 Å². The minimum absolute atomic E-state index is 0.0184. The Morgan fingerprint density at radius 2 is 1.65 bits per heavy atom. The molecule has 1 saturated heterocycles. The summed E-state index contributed by atoms with van der Waals surface area (Å²) in [5, 5.41) is 3.68. The molecule has 5 nitrogen and oxygen atoms in total. The van der Waals surface area contributed by atoms with Crippen LogP contribution in [0.5, 0.6) is 0 Å². The van der Waals surface area contributed by atoms with Gasteiger partial charge in [-0.3, -0.25) is 9.59 Å². The maximum Gasteiger partial charge on any atom is 0.471 e. The predicted molar refractivity (Wildman–Crippen MR) is 93.6 cm³/mol. The molecule has 0 aliphatic carbocycles. The van der Waals surface area contributed by atoms with Crippen LogP contribution in [0, 0.1) is 0 Å². The number of benzene rings is 1. The van der Waals surface area contributed by atoms with E-state index in [0.717, 1.165) is 5.69 Å². The molecule has 1 aromatic heterocycles. The van der Waals surface area contributed by atoms with E-state index in [1.54, 1.807) is 23.1 Å². The van der Waals surface area contributed by atoms with Crippen molar-refractivity contribution in [3.8, 4) is 0 Å². The van der Waals surface area contributed by atoms with Crippen LogP contribution in [0.15, 0.2) is 41.8 Å². The molecule has 2 heterocycles. The van der Waals surface area contributed by atoms with Crippen LogP contribution in [0.25, 0.3) is 0 Å². The number of nitrogens with zero attached hydrogens (tertiary/aromatic N) is 2. The number of halogens is 3. The van der Waals surface area contributed by atoms with Gasteiger partial charge in [-0.15, -0.1) is 11.3 Å². The molecule has 1 fully saturated rings. The average molecular weight is 383 g/mol. The molecule has 1 N–H and O–H groups in total. The second-order valence-electron chi connectivity index (χ2n) is 5.76. The van der Waals surface area contributed by atoms with Crippen molar-refractivity contribution in [3.63, 3.8) is 0 Å². The van der Waals surface area contributed by atoms with Gasteiger partial charge < -0.3 is 15.1 Å². The number of hydrogen-bond acceptors (Lipinski definition) is 4. The second kappa shape index (κ2) is 7.36. The Balaban J connectivity index is 1.56. The van der Waals surface area contributed by atoms with E-state index < -0.39 is 12.1 Å². The molecule has 0 saturated carbocycles. The molecule has 0 unspecified atom stereocenters. The number of amides is 2. The third-order valence-corrected chi connectivity index (χ3v) is 4.90. The molecule has 2 aromatic rings. The topological polar surface area (TPSA) is 52.7 Å². The highest BCUT2D eigenvalue weighted by Crippen LogP contribution is 2.23. The Bertz CT molecular complexity index is 768. The summed E-state index contributed by atoms with van der Waals surface area (Å²) in [6.45, 7) is 2.41. The number of hydrogen-bond donors (Lipinski definition) is 1. The van der Waals surface area contributed by atoms with Crippen molar-refractivity contribution >= 4 is 34.5 Å². The highest BCUT2D eigenvalue weighted by Gasteiger charge is 2.38. The maximum absolute atomic E-state index is 12.3. The van der Waals surface area contributed by atoms with Gasteiger partial charge in [-0.1, -0.05) is 6.07 Å². The first-order valence-corrected chi connectivity index (χ1v) is 8.78. The van der Waals surface area contributed by atoms with Crippen molar-refractivity contribution in [1.82, 2.24) is 4.90 Å². The molecule has 2 amide bonds. The molecular weight excluding hydrogens is 367 g/mol. The summed E-state index contributed by atoms with van der Waals surface area (Å²) in [6.07, 6.45) is -4.91. The van der Waals surface area contributed by atoms with Gasteiger partial charge in [0, 0.05) is 37.6 Å². The number of piperazine rings is 1. The zero-order valence-corrected chi connectivity index (χ0v) is 14.4. The maximum atomic E-state index is 12.3. The fraction of sp³-hybridized carbons (Fsp3) is 0.294. The summed E-state index contributed by atoms with van der Waals surface area (Å²) >= 11 is 1.41. The minimum Gasteiger partial charge on any atom is -0.368 e. The van der Waals surface area contributed by atoms with Crippen LogP contribution < -0.4 is 10.2 Å². The van der Waals surface area contributed by atoms with E-state index in [9.17, 15) is 22.8 Å². The van der Waals surface area contributed by atoms with Gasteiger partial charge >= 0.3 is 12.1 Å². The largest absolute Gasteiger partial charge is 0.471 e. The fourth-order valence-corrected chi connectivity index (χ4v) is 3.37. The van der Waals surface area contributed by atoms with Crippen LogP contribution in [-0.2, 0) is 4.79 Å². The molecule has 1 aliphatic rings. The number of carbonyl (C=O) groups is 2. The Hall–Kier alpha value is -2.55. The lowest BCUT2D eigenvalue weighted by molar-refractivity contribution is -0.167. The molecule has 3 rings (SSSR count). The number of anilines is 2. The minimum atomic E-state index is -4.91. The van der Waals surface area contributed by atoms with E-state index in [1.807, 2.05) is 21.7 Å². The quantitative estimate of drug-likeness (QED) is 0.886. The zero-order valence-electron chi connectivity index (χ0n) is 13.6. The first kappa shape index (κ1) is 18.2. The van der Waals surface area contributed by atoms with Crippen molar-refractivity contribution < 1.29 is 22.8 Å². The molecule has 1 aromatic carbocycles. The van der Waals surface area contributed by atoms with Crippen molar-refractivity contribution in [2.45, 2.75) is 6.18 Å². The van der Waals surface area contributed by atoms with E-state index in [4.69, 9.17) is 0 Å².